The largest absolute Gasteiger partial charge is 0.370 e. The summed E-state index contributed by atoms with van der Waals surface area (Å²) in [7, 11) is 2.04. The third kappa shape index (κ3) is 2.55. The summed E-state index contributed by atoms with van der Waals surface area (Å²) in [6.07, 6.45) is 6.19. The van der Waals surface area contributed by atoms with Gasteiger partial charge in [0.1, 0.15) is 17.3 Å². The molecular formula is C19H26N4O2. The summed E-state index contributed by atoms with van der Waals surface area (Å²) in [5.41, 5.74) is 1.28. The molecule has 2 fully saturated rings. The number of aromatic nitrogens is 2. The lowest BCUT2D eigenvalue weighted by Crippen LogP contribution is -2.68. The van der Waals surface area contributed by atoms with Crippen molar-refractivity contribution in [3.05, 3.63) is 24.5 Å². The smallest absolute Gasteiger partial charge is 0.188 e. The zero-order valence-electron chi connectivity index (χ0n) is 14.9. The fourth-order valence-corrected chi connectivity index (χ4v) is 4.47. The van der Waals surface area contributed by atoms with Crippen LogP contribution in [0.1, 0.15) is 26.2 Å². The molecule has 3 atom stereocenters. The highest BCUT2D eigenvalue weighted by atomic mass is 16.5. The fourth-order valence-electron chi connectivity index (χ4n) is 4.47. The van der Waals surface area contributed by atoms with Gasteiger partial charge in [0.25, 0.3) is 0 Å². The zero-order valence-corrected chi connectivity index (χ0v) is 14.9. The zero-order chi connectivity index (χ0) is 17.4. The molecule has 0 amide bonds. The van der Waals surface area contributed by atoms with Gasteiger partial charge in [0.05, 0.1) is 0 Å². The summed E-state index contributed by atoms with van der Waals surface area (Å²) in [5.74, 6) is 0.463. The monoisotopic (exact) mass is 342 g/mol. The molecule has 0 aromatic carbocycles. The molecule has 2 aromatic rings. The van der Waals surface area contributed by atoms with Crippen molar-refractivity contribution in [1.29, 1.82) is 0 Å². The Balaban J connectivity index is 1.79. The lowest BCUT2D eigenvalue weighted by molar-refractivity contribution is -0.135. The maximum Gasteiger partial charge on any atom is 0.188 e. The van der Waals surface area contributed by atoms with Crippen LogP contribution in [0.4, 0.5) is 5.69 Å². The number of aromatic amines is 1. The summed E-state index contributed by atoms with van der Waals surface area (Å²) < 4.78 is 5.78. The van der Waals surface area contributed by atoms with Crippen LogP contribution in [0.25, 0.3) is 11.0 Å². The van der Waals surface area contributed by atoms with E-state index in [1.807, 2.05) is 25.4 Å². The van der Waals surface area contributed by atoms with Gasteiger partial charge < -0.3 is 19.9 Å². The Bertz CT molecular complexity index is 768. The van der Waals surface area contributed by atoms with Gasteiger partial charge in [-0.3, -0.25) is 4.79 Å². The first-order valence-corrected chi connectivity index (χ1v) is 9.17. The van der Waals surface area contributed by atoms with Crippen LogP contribution in [0.15, 0.2) is 24.5 Å². The summed E-state index contributed by atoms with van der Waals surface area (Å²) in [6.45, 7) is 4.48. The van der Waals surface area contributed by atoms with E-state index in [1.54, 1.807) is 6.20 Å². The van der Waals surface area contributed by atoms with Gasteiger partial charge in [-0.2, -0.15) is 0 Å². The molecule has 134 valence electrons. The molecule has 6 heteroatoms. The van der Waals surface area contributed by atoms with E-state index in [2.05, 4.69) is 27.1 Å². The summed E-state index contributed by atoms with van der Waals surface area (Å²) in [5, 5.41) is 4.51. The van der Waals surface area contributed by atoms with Crippen LogP contribution >= 0.6 is 0 Å². The highest BCUT2D eigenvalue weighted by Crippen LogP contribution is 2.38. The molecule has 25 heavy (non-hydrogen) atoms. The number of hydrogen-bond acceptors (Lipinski definition) is 5. The van der Waals surface area contributed by atoms with Crippen LogP contribution in [0.2, 0.25) is 0 Å². The molecular weight excluding hydrogens is 316 g/mol. The van der Waals surface area contributed by atoms with E-state index in [0.717, 1.165) is 42.5 Å². The van der Waals surface area contributed by atoms with Crippen molar-refractivity contribution in [2.45, 2.75) is 37.8 Å². The number of rotatable bonds is 4. The standard InChI is InChI=1S/C19H26N4O2/c1-13-5-8-20-12-19(13,17(24)16-4-3-11-25-16)23(2)15-7-10-22-18-14(15)6-9-21-18/h6-7,9-10,13,16,20H,3-5,8,11-12H2,1-2H3,(H,21,22)/t13-,16?,19+/m1/s1. The molecule has 0 spiro atoms. The van der Waals surface area contributed by atoms with E-state index in [9.17, 15) is 4.79 Å². The number of likely N-dealkylation sites (N-methyl/N-ethyl adjacent to an activating group) is 1. The molecule has 0 saturated carbocycles. The summed E-state index contributed by atoms with van der Waals surface area (Å²) in [4.78, 5) is 23.3. The first kappa shape index (κ1) is 16.5. The lowest BCUT2D eigenvalue weighted by Gasteiger charge is -2.49. The fraction of sp³-hybridized carbons (Fsp3) is 0.579. The Morgan fingerprint density at radius 1 is 1.40 bits per heavy atom. The van der Waals surface area contributed by atoms with E-state index in [1.165, 1.54) is 0 Å². The van der Waals surface area contributed by atoms with Crippen molar-refractivity contribution in [3.8, 4) is 0 Å². The molecule has 6 nitrogen and oxygen atoms in total. The molecule has 0 aliphatic carbocycles. The van der Waals surface area contributed by atoms with Crippen LogP contribution < -0.4 is 10.2 Å². The summed E-state index contributed by atoms with van der Waals surface area (Å²) in [6, 6.07) is 4.03. The van der Waals surface area contributed by atoms with Gasteiger partial charge in [-0.05, 0) is 43.9 Å². The first-order chi connectivity index (χ1) is 12.1. The Kier molecular flexibility index (Phi) is 4.25. The van der Waals surface area contributed by atoms with E-state index in [0.29, 0.717) is 13.2 Å². The number of H-pyrrole nitrogens is 1. The van der Waals surface area contributed by atoms with Gasteiger partial charge in [0.2, 0.25) is 0 Å². The average Bonchev–Trinajstić information content (AvgIpc) is 3.32. The minimum absolute atomic E-state index is 0.215. The van der Waals surface area contributed by atoms with E-state index >= 15 is 0 Å². The van der Waals surface area contributed by atoms with Gasteiger partial charge in [-0.25, -0.2) is 4.98 Å². The van der Waals surface area contributed by atoms with Gasteiger partial charge in [0.15, 0.2) is 5.78 Å². The minimum Gasteiger partial charge on any atom is -0.370 e. The molecule has 2 saturated heterocycles. The predicted octanol–water partition coefficient (Wildman–Crippen LogP) is 2.12. The molecule has 4 rings (SSSR count). The SMILES string of the molecule is C[C@@H]1CCNC[C@]1(C(=O)C1CCCO1)N(C)c1ccnc2[nH]ccc12. The highest BCUT2D eigenvalue weighted by Gasteiger charge is 2.51. The second-order valence-corrected chi connectivity index (χ2v) is 7.29. The number of pyridine rings is 1. The van der Waals surface area contributed by atoms with Gasteiger partial charge in [-0.1, -0.05) is 6.92 Å². The van der Waals surface area contributed by atoms with Crippen molar-refractivity contribution in [1.82, 2.24) is 15.3 Å². The molecule has 0 bridgehead atoms. The van der Waals surface area contributed by atoms with Crippen LogP contribution in [-0.4, -0.2) is 54.1 Å². The number of carbonyl (C=O) groups is 1. The van der Waals surface area contributed by atoms with Gasteiger partial charge >= 0.3 is 0 Å². The molecule has 2 N–H and O–H groups in total. The Labute approximate surface area is 147 Å². The number of hydrogen-bond donors (Lipinski definition) is 2. The highest BCUT2D eigenvalue weighted by molar-refractivity contribution is 5.99. The number of piperidine rings is 1. The maximum absolute atomic E-state index is 13.6. The maximum atomic E-state index is 13.6. The Morgan fingerprint density at radius 2 is 2.28 bits per heavy atom. The molecule has 4 heterocycles. The van der Waals surface area contributed by atoms with E-state index < -0.39 is 5.54 Å². The number of ether oxygens (including phenoxy) is 1. The summed E-state index contributed by atoms with van der Waals surface area (Å²) >= 11 is 0. The number of anilines is 1. The number of ketones is 1. The van der Waals surface area contributed by atoms with Crippen LogP contribution in [0.5, 0.6) is 0 Å². The minimum atomic E-state index is -0.598. The third-order valence-electron chi connectivity index (χ3n) is 6.01. The second-order valence-electron chi connectivity index (χ2n) is 7.29. The molecule has 2 aliphatic rings. The average molecular weight is 342 g/mol. The van der Waals surface area contributed by atoms with Crippen LogP contribution in [-0.2, 0) is 9.53 Å². The van der Waals surface area contributed by atoms with Crippen LogP contribution in [0, 0.1) is 5.92 Å². The topological polar surface area (TPSA) is 70.2 Å². The third-order valence-corrected chi connectivity index (χ3v) is 6.01. The number of carbonyl (C=O) groups excluding carboxylic acids is 1. The van der Waals surface area contributed by atoms with Gasteiger partial charge in [-0.15, -0.1) is 0 Å². The number of fused-ring (bicyclic) bond motifs is 1. The van der Waals surface area contributed by atoms with Crippen molar-refractivity contribution in [2.75, 3.05) is 31.6 Å². The number of nitrogens with one attached hydrogen (secondary N) is 2. The van der Waals surface area contributed by atoms with Crippen LogP contribution in [0.3, 0.4) is 0 Å². The van der Waals surface area contributed by atoms with Crippen molar-refractivity contribution < 1.29 is 9.53 Å². The molecule has 0 radical (unpaired) electrons. The number of nitrogens with zero attached hydrogens (tertiary/aromatic N) is 2. The quantitative estimate of drug-likeness (QED) is 0.891. The van der Waals surface area contributed by atoms with E-state index in [4.69, 9.17) is 4.74 Å². The van der Waals surface area contributed by atoms with Crippen molar-refractivity contribution >= 4 is 22.5 Å². The van der Waals surface area contributed by atoms with Gasteiger partial charge in [0, 0.05) is 43.7 Å². The Morgan fingerprint density at radius 3 is 3.04 bits per heavy atom. The predicted molar refractivity (Wildman–Crippen MR) is 97.9 cm³/mol. The van der Waals surface area contributed by atoms with Crippen molar-refractivity contribution in [3.63, 3.8) is 0 Å². The van der Waals surface area contributed by atoms with Crippen molar-refractivity contribution in [2.24, 2.45) is 5.92 Å². The number of Topliss-reactive ketones (excluding diaryl/α,β-unsaturated/α-hetero) is 1. The lowest BCUT2D eigenvalue weighted by atomic mass is 9.73. The first-order valence-electron chi connectivity index (χ1n) is 9.17. The Hall–Kier alpha value is -1.92. The second kappa shape index (κ2) is 6.42. The molecule has 2 aliphatic heterocycles. The molecule has 2 aromatic heterocycles. The molecule has 1 unspecified atom stereocenters. The normalized spacial score (nSPS) is 29.8. The van der Waals surface area contributed by atoms with E-state index in [-0.39, 0.29) is 17.8 Å².